The number of rotatable bonds is 7. The highest BCUT2D eigenvalue weighted by atomic mass is 127. The first-order valence-electron chi connectivity index (χ1n) is 10.6. The number of fused-ring (bicyclic) bond motifs is 1. The molecule has 0 saturated carbocycles. The monoisotopic (exact) mass is 534 g/mol. The summed E-state index contributed by atoms with van der Waals surface area (Å²) in [6.07, 6.45) is 4.94. The summed E-state index contributed by atoms with van der Waals surface area (Å²) >= 11 is 0. The third-order valence-corrected chi connectivity index (χ3v) is 5.37. The quantitative estimate of drug-likeness (QED) is 0.277. The van der Waals surface area contributed by atoms with Crippen LogP contribution in [0.1, 0.15) is 16.8 Å². The van der Waals surface area contributed by atoms with Crippen LogP contribution in [-0.4, -0.2) is 60.1 Å². The number of guanidine groups is 1. The van der Waals surface area contributed by atoms with E-state index in [1.807, 2.05) is 28.8 Å². The summed E-state index contributed by atoms with van der Waals surface area (Å²) < 4.78 is 7.51. The number of morpholine rings is 1. The van der Waals surface area contributed by atoms with Crippen LogP contribution in [0.15, 0.2) is 59.9 Å². The number of benzene rings is 1. The topological polar surface area (TPSA) is 66.2 Å². The van der Waals surface area contributed by atoms with Gasteiger partial charge in [-0.3, -0.25) is 9.89 Å². The van der Waals surface area contributed by atoms with Crippen LogP contribution >= 0.6 is 24.0 Å². The zero-order valence-electron chi connectivity index (χ0n) is 18.0. The summed E-state index contributed by atoms with van der Waals surface area (Å²) in [6.45, 7) is 6.11. The van der Waals surface area contributed by atoms with Gasteiger partial charge in [0.05, 0.1) is 18.9 Å². The largest absolute Gasteiger partial charge is 0.379 e. The first-order valence-corrected chi connectivity index (χ1v) is 10.6. The van der Waals surface area contributed by atoms with Crippen LogP contribution in [0.4, 0.5) is 0 Å². The Morgan fingerprint density at radius 2 is 1.84 bits per heavy atom. The Bertz CT molecular complexity index is 950. The van der Waals surface area contributed by atoms with Crippen LogP contribution in [0.25, 0.3) is 5.65 Å². The van der Waals surface area contributed by atoms with E-state index in [9.17, 15) is 0 Å². The molecule has 1 aliphatic heterocycles. The molecule has 2 N–H and O–H groups in total. The average Bonchev–Trinajstić information content (AvgIpc) is 3.20. The summed E-state index contributed by atoms with van der Waals surface area (Å²) in [7, 11) is 1.81. The average molecular weight is 534 g/mol. The number of halogens is 1. The van der Waals surface area contributed by atoms with Crippen LogP contribution in [0, 0.1) is 0 Å². The Kier molecular flexibility index (Phi) is 9.11. The van der Waals surface area contributed by atoms with Gasteiger partial charge in [-0.1, -0.05) is 30.3 Å². The number of nitrogens with zero attached hydrogens (tertiary/aromatic N) is 4. The second kappa shape index (κ2) is 12.0. The first kappa shape index (κ1) is 23.5. The fourth-order valence-electron chi connectivity index (χ4n) is 3.70. The van der Waals surface area contributed by atoms with Crippen LogP contribution in [-0.2, 0) is 24.2 Å². The Morgan fingerprint density at radius 3 is 2.61 bits per heavy atom. The van der Waals surface area contributed by atoms with Crippen molar-refractivity contribution in [3.8, 4) is 0 Å². The maximum atomic E-state index is 5.46. The second-order valence-electron chi connectivity index (χ2n) is 7.46. The zero-order chi connectivity index (χ0) is 20.6. The summed E-state index contributed by atoms with van der Waals surface area (Å²) in [5.41, 5.74) is 4.70. The first-order chi connectivity index (χ1) is 14.8. The molecule has 1 saturated heterocycles. The highest BCUT2D eigenvalue weighted by Crippen LogP contribution is 2.13. The van der Waals surface area contributed by atoms with Crippen molar-refractivity contribution in [3.63, 3.8) is 0 Å². The van der Waals surface area contributed by atoms with Crippen molar-refractivity contribution in [2.75, 3.05) is 39.9 Å². The van der Waals surface area contributed by atoms with Gasteiger partial charge in [0.1, 0.15) is 5.65 Å². The van der Waals surface area contributed by atoms with Gasteiger partial charge < -0.3 is 19.8 Å². The molecule has 1 aromatic carbocycles. The van der Waals surface area contributed by atoms with Crippen molar-refractivity contribution in [1.29, 1.82) is 0 Å². The molecular formula is C23H31IN6O. The number of ether oxygens (including phenoxy) is 1. The molecule has 4 rings (SSSR count). The van der Waals surface area contributed by atoms with Crippen LogP contribution in [0.2, 0.25) is 0 Å². The van der Waals surface area contributed by atoms with E-state index in [1.165, 1.54) is 11.1 Å². The lowest BCUT2D eigenvalue weighted by molar-refractivity contribution is 0.0341. The molecular weight excluding hydrogens is 503 g/mol. The number of aliphatic imine (C=N–C) groups is 1. The van der Waals surface area contributed by atoms with E-state index < -0.39 is 0 Å². The van der Waals surface area contributed by atoms with Crippen LogP contribution < -0.4 is 10.6 Å². The van der Waals surface area contributed by atoms with Gasteiger partial charge in [0.25, 0.3) is 0 Å². The fraction of sp³-hybridized carbons (Fsp3) is 0.391. The Balaban J connectivity index is 0.00000272. The number of imidazole rings is 1. The van der Waals surface area contributed by atoms with Crippen molar-refractivity contribution in [2.24, 2.45) is 4.99 Å². The standard InChI is InChI=1S/C23H30N6O.HI/c1-24-23(25-10-9-21-18-29-11-5-4-8-22(29)27-21)26-16-19-6-2-3-7-20(19)17-28-12-14-30-15-13-28;/h2-8,11,18H,9-10,12-17H2,1H3,(H2,24,25,26);1H. The number of pyridine rings is 1. The summed E-state index contributed by atoms with van der Waals surface area (Å²) in [5.74, 6) is 0.805. The van der Waals surface area contributed by atoms with E-state index in [2.05, 4.69) is 56.0 Å². The lowest BCUT2D eigenvalue weighted by Gasteiger charge is -2.27. The highest BCUT2D eigenvalue weighted by molar-refractivity contribution is 14.0. The predicted octanol–water partition coefficient (Wildman–Crippen LogP) is 2.69. The minimum atomic E-state index is 0. The van der Waals surface area contributed by atoms with E-state index in [0.29, 0.717) is 0 Å². The lowest BCUT2D eigenvalue weighted by Crippen LogP contribution is -2.38. The summed E-state index contributed by atoms with van der Waals surface area (Å²) in [5, 5.41) is 6.84. The lowest BCUT2D eigenvalue weighted by atomic mass is 10.1. The van der Waals surface area contributed by atoms with Crippen molar-refractivity contribution >= 4 is 35.6 Å². The van der Waals surface area contributed by atoms with Crippen molar-refractivity contribution in [3.05, 3.63) is 71.7 Å². The molecule has 0 radical (unpaired) electrons. The molecule has 0 unspecified atom stereocenters. The smallest absolute Gasteiger partial charge is 0.191 e. The fourth-order valence-corrected chi connectivity index (χ4v) is 3.70. The molecule has 3 aromatic rings. The van der Waals surface area contributed by atoms with Crippen molar-refractivity contribution < 1.29 is 4.74 Å². The van der Waals surface area contributed by atoms with Crippen LogP contribution in [0.3, 0.4) is 0 Å². The van der Waals surface area contributed by atoms with Gasteiger partial charge in [-0.05, 0) is 23.3 Å². The zero-order valence-corrected chi connectivity index (χ0v) is 20.3. The maximum absolute atomic E-state index is 5.46. The van der Waals surface area contributed by atoms with E-state index in [1.54, 1.807) is 7.05 Å². The number of hydrogen-bond donors (Lipinski definition) is 2. The van der Waals surface area contributed by atoms with Gasteiger partial charge in [0.2, 0.25) is 0 Å². The van der Waals surface area contributed by atoms with Gasteiger partial charge in [-0.2, -0.15) is 0 Å². The number of aromatic nitrogens is 2. The molecule has 8 heteroatoms. The molecule has 166 valence electrons. The van der Waals surface area contributed by atoms with E-state index in [4.69, 9.17) is 4.74 Å². The Hall–Kier alpha value is -2.17. The summed E-state index contributed by atoms with van der Waals surface area (Å²) in [6, 6.07) is 14.7. The molecule has 3 heterocycles. The number of nitrogens with one attached hydrogen (secondary N) is 2. The molecule has 31 heavy (non-hydrogen) atoms. The van der Waals surface area contributed by atoms with E-state index >= 15 is 0 Å². The SMILES string of the molecule is CN=C(NCCc1cn2ccccc2n1)NCc1ccccc1CN1CCOCC1.I. The summed E-state index contributed by atoms with van der Waals surface area (Å²) in [4.78, 5) is 11.5. The number of hydrogen-bond acceptors (Lipinski definition) is 4. The highest BCUT2D eigenvalue weighted by Gasteiger charge is 2.12. The minimum Gasteiger partial charge on any atom is -0.379 e. The molecule has 0 amide bonds. The van der Waals surface area contributed by atoms with Gasteiger partial charge in [-0.15, -0.1) is 24.0 Å². The van der Waals surface area contributed by atoms with E-state index in [0.717, 1.165) is 69.7 Å². The molecule has 1 fully saturated rings. The Morgan fingerprint density at radius 1 is 1.06 bits per heavy atom. The van der Waals surface area contributed by atoms with Gasteiger partial charge in [0, 0.05) is 58.6 Å². The molecule has 0 bridgehead atoms. The molecule has 7 nitrogen and oxygen atoms in total. The molecule has 0 aliphatic carbocycles. The minimum absolute atomic E-state index is 0. The third kappa shape index (κ3) is 6.65. The van der Waals surface area contributed by atoms with Crippen molar-refractivity contribution in [1.82, 2.24) is 24.9 Å². The molecule has 1 aliphatic rings. The molecule has 2 aromatic heterocycles. The Labute approximate surface area is 200 Å². The third-order valence-electron chi connectivity index (χ3n) is 5.37. The normalized spacial score (nSPS) is 14.9. The van der Waals surface area contributed by atoms with E-state index in [-0.39, 0.29) is 24.0 Å². The van der Waals surface area contributed by atoms with Crippen molar-refractivity contribution in [2.45, 2.75) is 19.5 Å². The van der Waals surface area contributed by atoms with Gasteiger partial charge in [-0.25, -0.2) is 4.98 Å². The molecule has 0 atom stereocenters. The van der Waals surface area contributed by atoms with Gasteiger partial charge >= 0.3 is 0 Å². The van der Waals surface area contributed by atoms with Gasteiger partial charge in [0.15, 0.2) is 5.96 Å². The second-order valence-corrected chi connectivity index (χ2v) is 7.46. The maximum Gasteiger partial charge on any atom is 0.191 e. The molecule has 0 spiro atoms. The predicted molar refractivity (Wildman–Crippen MR) is 135 cm³/mol. The van der Waals surface area contributed by atoms with Crippen LogP contribution in [0.5, 0.6) is 0 Å².